The lowest BCUT2D eigenvalue weighted by Gasteiger charge is -2.19. The van der Waals surface area contributed by atoms with E-state index in [1.165, 1.54) is 6.92 Å². The molecule has 26 heavy (non-hydrogen) atoms. The number of ketones is 1. The average Bonchev–Trinajstić information content (AvgIpc) is 2.58. The molecule has 0 aliphatic heterocycles. The fraction of sp³-hybridized carbons (Fsp3) is 0.300. The number of benzene rings is 2. The number of hydrogen-bond donors (Lipinski definition) is 1. The summed E-state index contributed by atoms with van der Waals surface area (Å²) in [6.07, 6.45) is 0. The third-order valence-corrected chi connectivity index (χ3v) is 4.00. The van der Waals surface area contributed by atoms with Gasteiger partial charge in [0.25, 0.3) is 0 Å². The van der Waals surface area contributed by atoms with Gasteiger partial charge in [-0.25, -0.2) is 0 Å². The van der Waals surface area contributed by atoms with Gasteiger partial charge in [-0.3, -0.25) is 14.5 Å². The van der Waals surface area contributed by atoms with E-state index in [1.807, 2.05) is 24.9 Å². The zero-order valence-electron chi connectivity index (χ0n) is 15.2. The Labute approximate surface area is 158 Å². The second kappa shape index (κ2) is 9.36. The Morgan fingerprint density at radius 3 is 2.46 bits per heavy atom. The second-order valence-corrected chi connectivity index (χ2v) is 6.48. The van der Waals surface area contributed by atoms with E-state index in [2.05, 4.69) is 5.32 Å². The maximum absolute atomic E-state index is 12.2. The van der Waals surface area contributed by atoms with Crippen LogP contribution in [0.1, 0.15) is 29.8 Å². The lowest BCUT2D eigenvalue weighted by molar-refractivity contribution is -0.117. The molecular weight excluding hydrogens is 352 g/mol. The van der Waals surface area contributed by atoms with Gasteiger partial charge in [0.2, 0.25) is 5.91 Å². The van der Waals surface area contributed by atoms with Crippen LogP contribution in [-0.2, 0) is 11.3 Å². The van der Waals surface area contributed by atoms with Crippen molar-refractivity contribution < 1.29 is 14.3 Å². The van der Waals surface area contributed by atoms with Gasteiger partial charge in [0.05, 0.1) is 13.2 Å². The van der Waals surface area contributed by atoms with Crippen molar-refractivity contribution in [2.24, 2.45) is 0 Å². The lowest BCUT2D eigenvalue weighted by atomic mass is 10.1. The van der Waals surface area contributed by atoms with E-state index in [0.717, 1.165) is 11.3 Å². The van der Waals surface area contributed by atoms with Crippen molar-refractivity contribution in [3.8, 4) is 5.75 Å². The highest BCUT2D eigenvalue weighted by Gasteiger charge is 2.13. The quantitative estimate of drug-likeness (QED) is 0.709. The van der Waals surface area contributed by atoms with Crippen molar-refractivity contribution in [1.29, 1.82) is 0 Å². The van der Waals surface area contributed by atoms with Crippen molar-refractivity contribution in [2.45, 2.75) is 20.4 Å². The summed E-state index contributed by atoms with van der Waals surface area (Å²) in [5.74, 6) is 0.593. The summed E-state index contributed by atoms with van der Waals surface area (Å²) in [6.45, 7) is 4.67. The Balaban J connectivity index is 2.02. The molecule has 1 amide bonds. The summed E-state index contributed by atoms with van der Waals surface area (Å²) < 4.78 is 5.63. The molecule has 0 bridgehead atoms. The van der Waals surface area contributed by atoms with Gasteiger partial charge in [-0.15, -0.1) is 0 Å². The molecule has 0 aliphatic rings. The van der Waals surface area contributed by atoms with E-state index in [4.69, 9.17) is 16.3 Å². The highest BCUT2D eigenvalue weighted by molar-refractivity contribution is 6.30. The van der Waals surface area contributed by atoms with E-state index >= 15 is 0 Å². The molecule has 2 aromatic carbocycles. The van der Waals surface area contributed by atoms with E-state index in [9.17, 15) is 9.59 Å². The number of ether oxygens (including phenoxy) is 1. The molecule has 0 radical (unpaired) electrons. The smallest absolute Gasteiger partial charge is 0.238 e. The van der Waals surface area contributed by atoms with Crippen molar-refractivity contribution in [3.63, 3.8) is 0 Å². The first kappa shape index (κ1) is 19.9. The third-order valence-electron chi connectivity index (χ3n) is 3.75. The molecular formula is C20H23ClN2O3. The molecule has 0 spiro atoms. The molecule has 138 valence electrons. The summed E-state index contributed by atoms with van der Waals surface area (Å²) in [5.41, 5.74) is 2.20. The Bertz CT molecular complexity index is 775. The molecule has 0 unspecified atom stereocenters. The monoisotopic (exact) mass is 374 g/mol. The summed E-state index contributed by atoms with van der Waals surface area (Å²) in [4.78, 5) is 25.7. The van der Waals surface area contributed by atoms with Crippen molar-refractivity contribution in [2.75, 3.05) is 25.5 Å². The predicted octanol–water partition coefficient (Wildman–Crippen LogP) is 4.01. The van der Waals surface area contributed by atoms with Crippen LogP contribution in [-0.4, -0.2) is 36.8 Å². The van der Waals surface area contributed by atoms with Crippen LogP contribution in [0.4, 0.5) is 5.69 Å². The van der Waals surface area contributed by atoms with Gasteiger partial charge in [-0.2, -0.15) is 0 Å². The van der Waals surface area contributed by atoms with Crippen LogP contribution in [0.15, 0.2) is 42.5 Å². The van der Waals surface area contributed by atoms with Gasteiger partial charge >= 0.3 is 0 Å². The van der Waals surface area contributed by atoms with Gasteiger partial charge in [-0.05, 0) is 63.4 Å². The number of nitrogens with one attached hydrogen (secondary N) is 1. The van der Waals surface area contributed by atoms with Crippen molar-refractivity contribution >= 4 is 29.0 Å². The molecule has 0 saturated heterocycles. The number of hydrogen-bond acceptors (Lipinski definition) is 4. The molecule has 2 rings (SSSR count). The molecule has 6 heteroatoms. The summed E-state index contributed by atoms with van der Waals surface area (Å²) in [5, 5.41) is 3.45. The number of likely N-dealkylation sites (N-methyl/N-ethyl adjacent to an activating group) is 1. The van der Waals surface area contributed by atoms with Crippen molar-refractivity contribution in [3.05, 3.63) is 58.6 Å². The number of carbonyl (C=O) groups is 2. The number of nitrogens with zero attached hydrogens (tertiary/aromatic N) is 1. The lowest BCUT2D eigenvalue weighted by Crippen LogP contribution is -2.30. The topological polar surface area (TPSA) is 58.6 Å². The number of amides is 1. The van der Waals surface area contributed by atoms with Gasteiger partial charge in [0.1, 0.15) is 5.75 Å². The fourth-order valence-electron chi connectivity index (χ4n) is 2.54. The zero-order chi connectivity index (χ0) is 19.1. The molecule has 5 nitrogen and oxygen atoms in total. The highest BCUT2D eigenvalue weighted by Crippen LogP contribution is 2.22. The maximum atomic E-state index is 12.2. The summed E-state index contributed by atoms with van der Waals surface area (Å²) in [6, 6.07) is 12.3. The first-order valence-corrected chi connectivity index (χ1v) is 8.77. The van der Waals surface area contributed by atoms with E-state index < -0.39 is 0 Å². The number of halogens is 1. The van der Waals surface area contributed by atoms with Gasteiger partial charge < -0.3 is 10.1 Å². The first-order chi connectivity index (χ1) is 12.4. The maximum Gasteiger partial charge on any atom is 0.238 e. The fourth-order valence-corrected chi connectivity index (χ4v) is 2.67. The van der Waals surface area contributed by atoms with Crippen LogP contribution in [0.2, 0.25) is 5.02 Å². The third kappa shape index (κ3) is 5.86. The standard InChI is InChI=1S/C20H23ClN2O3/c1-4-26-19-10-5-15(14(2)24)11-16(19)12-23(3)13-20(25)22-18-8-6-17(21)7-9-18/h5-11H,4,12-13H2,1-3H3,(H,22,25). The van der Waals surface area contributed by atoms with E-state index in [0.29, 0.717) is 29.4 Å². The Morgan fingerprint density at radius 2 is 1.85 bits per heavy atom. The van der Waals surface area contributed by atoms with E-state index in [1.54, 1.807) is 36.4 Å². The van der Waals surface area contributed by atoms with Crippen LogP contribution in [0.3, 0.4) is 0 Å². The van der Waals surface area contributed by atoms with Gasteiger partial charge in [0.15, 0.2) is 5.78 Å². The average molecular weight is 375 g/mol. The van der Waals surface area contributed by atoms with Gasteiger partial charge in [-0.1, -0.05) is 11.6 Å². The number of Topliss-reactive ketones (excluding diaryl/α,β-unsaturated/α-hetero) is 1. The van der Waals surface area contributed by atoms with Crippen LogP contribution < -0.4 is 10.1 Å². The Hall–Kier alpha value is -2.37. The van der Waals surface area contributed by atoms with Crippen LogP contribution in [0.25, 0.3) is 0 Å². The first-order valence-electron chi connectivity index (χ1n) is 8.39. The zero-order valence-corrected chi connectivity index (χ0v) is 16.0. The van der Waals surface area contributed by atoms with Crippen LogP contribution in [0, 0.1) is 0 Å². The van der Waals surface area contributed by atoms with Crippen LogP contribution in [0.5, 0.6) is 5.75 Å². The molecule has 0 aliphatic carbocycles. The largest absolute Gasteiger partial charge is 0.494 e. The number of carbonyl (C=O) groups excluding carboxylic acids is 2. The van der Waals surface area contributed by atoms with Crippen LogP contribution >= 0.6 is 11.6 Å². The minimum Gasteiger partial charge on any atom is -0.494 e. The summed E-state index contributed by atoms with van der Waals surface area (Å²) in [7, 11) is 1.84. The molecule has 1 N–H and O–H groups in total. The molecule has 0 heterocycles. The molecule has 2 aromatic rings. The molecule has 0 fully saturated rings. The van der Waals surface area contributed by atoms with E-state index in [-0.39, 0.29) is 18.2 Å². The number of rotatable bonds is 8. The predicted molar refractivity (Wildman–Crippen MR) is 104 cm³/mol. The minimum absolute atomic E-state index is 0.00238. The normalized spacial score (nSPS) is 10.7. The minimum atomic E-state index is -0.129. The Kier molecular flexibility index (Phi) is 7.18. The second-order valence-electron chi connectivity index (χ2n) is 6.04. The van der Waals surface area contributed by atoms with Crippen molar-refractivity contribution in [1.82, 2.24) is 4.90 Å². The summed E-state index contributed by atoms with van der Waals surface area (Å²) >= 11 is 5.84. The highest BCUT2D eigenvalue weighted by atomic mass is 35.5. The Morgan fingerprint density at radius 1 is 1.15 bits per heavy atom. The SMILES string of the molecule is CCOc1ccc(C(C)=O)cc1CN(C)CC(=O)Nc1ccc(Cl)cc1. The molecule has 0 aromatic heterocycles. The molecule has 0 atom stereocenters. The molecule has 0 saturated carbocycles. The van der Waals surface area contributed by atoms with Gasteiger partial charge in [0, 0.05) is 28.4 Å². The number of anilines is 1.